The van der Waals surface area contributed by atoms with Crippen molar-refractivity contribution in [1.82, 2.24) is 24.9 Å². The molecule has 1 aliphatic carbocycles. The Balaban J connectivity index is 1.16. The number of anilines is 1. The zero-order valence-corrected chi connectivity index (χ0v) is 19.9. The van der Waals surface area contributed by atoms with Gasteiger partial charge in [-0.1, -0.05) is 0 Å². The average molecular weight is 475 g/mol. The van der Waals surface area contributed by atoms with Crippen LogP contribution in [0.5, 0.6) is 11.8 Å². The molecule has 1 N–H and O–H groups in total. The number of nitrogens with zero attached hydrogens (tertiary/aromatic N) is 5. The zero-order valence-electron chi connectivity index (χ0n) is 19.9. The van der Waals surface area contributed by atoms with Gasteiger partial charge in [0.25, 0.3) is 0 Å². The van der Waals surface area contributed by atoms with Crippen LogP contribution in [0.15, 0.2) is 36.8 Å². The van der Waals surface area contributed by atoms with Gasteiger partial charge in [0, 0.05) is 48.8 Å². The van der Waals surface area contributed by atoms with Crippen molar-refractivity contribution in [3.63, 3.8) is 0 Å². The molecule has 9 nitrogen and oxygen atoms in total. The summed E-state index contributed by atoms with van der Waals surface area (Å²) in [5, 5.41) is 1.08. The Morgan fingerprint density at radius 3 is 2.71 bits per heavy atom. The zero-order chi connectivity index (χ0) is 23.6. The topological polar surface area (TPSA) is 98.3 Å². The summed E-state index contributed by atoms with van der Waals surface area (Å²) in [5.74, 6) is 1.39. The van der Waals surface area contributed by atoms with Crippen LogP contribution in [0, 0.1) is 5.92 Å². The number of nitrogens with one attached hydrogen (secondary N) is 1. The molecule has 0 unspecified atom stereocenters. The average Bonchev–Trinajstić information content (AvgIpc) is 3.39. The quantitative estimate of drug-likeness (QED) is 0.449. The lowest BCUT2D eigenvalue weighted by Gasteiger charge is -2.31. The normalized spacial score (nSPS) is 20.9. The molecule has 0 atom stereocenters. The van der Waals surface area contributed by atoms with Gasteiger partial charge >= 0.3 is 6.01 Å². The molecule has 3 aromatic heterocycles. The van der Waals surface area contributed by atoms with Crippen molar-refractivity contribution in [3.8, 4) is 11.8 Å². The lowest BCUT2D eigenvalue weighted by atomic mass is 9.84. The van der Waals surface area contributed by atoms with Gasteiger partial charge in [-0.25, -0.2) is 4.98 Å². The molecular formula is C26H30N6O3. The first-order valence-electron chi connectivity index (χ1n) is 12.4. The fourth-order valence-corrected chi connectivity index (χ4v) is 5.26. The third-order valence-corrected chi connectivity index (χ3v) is 7.13. The van der Waals surface area contributed by atoms with Crippen LogP contribution in [0.2, 0.25) is 0 Å². The summed E-state index contributed by atoms with van der Waals surface area (Å²) in [6.07, 6.45) is 10.7. The van der Waals surface area contributed by atoms with Gasteiger partial charge in [0.05, 0.1) is 37.6 Å². The summed E-state index contributed by atoms with van der Waals surface area (Å²) in [7, 11) is 1.61. The Bertz CT molecular complexity index is 1310. The molecule has 0 spiro atoms. The molecule has 1 saturated heterocycles. The number of aromatic nitrogens is 5. The molecule has 35 heavy (non-hydrogen) atoms. The Morgan fingerprint density at radius 2 is 1.89 bits per heavy atom. The smallest absolute Gasteiger partial charge is 0.318 e. The molecule has 0 radical (unpaired) electrons. The molecule has 1 aromatic carbocycles. The van der Waals surface area contributed by atoms with E-state index in [1.807, 2.05) is 12.3 Å². The molecule has 4 heterocycles. The van der Waals surface area contributed by atoms with E-state index in [9.17, 15) is 0 Å². The van der Waals surface area contributed by atoms with Crippen LogP contribution in [0.25, 0.3) is 22.1 Å². The van der Waals surface area contributed by atoms with Gasteiger partial charge < -0.3 is 24.1 Å². The maximum absolute atomic E-state index is 6.58. The fraction of sp³-hybridized carbons (Fsp3) is 0.462. The van der Waals surface area contributed by atoms with Gasteiger partial charge in [-0.3, -0.25) is 4.98 Å². The van der Waals surface area contributed by atoms with Crippen molar-refractivity contribution < 1.29 is 14.2 Å². The maximum Gasteiger partial charge on any atom is 0.318 e. The minimum atomic E-state index is 0.170. The van der Waals surface area contributed by atoms with Gasteiger partial charge in [0.15, 0.2) is 0 Å². The minimum Gasteiger partial charge on any atom is -0.488 e. The largest absolute Gasteiger partial charge is 0.488 e. The molecule has 2 fully saturated rings. The first kappa shape index (κ1) is 22.0. The summed E-state index contributed by atoms with van der Waals surface area (Å²) < 4.78 is 17.4. The molecule has 9 heteroatoms. The number of ether oxygens (including phenoxy) is 3. The van der Waals surface area contributed by atoms with E-state index in [0.29, 0.717) is 11.9 Å². The molecule has 182 valence electrons. The van der Waals surface area contributed by atoms with E-state index in [0.717, 1.165) is 97.6 Å². The first-order valence-corrected chi connectivity index (χ1v) is 12.4. The van der Waals surface area contributed by atoms with Crippen LogP contribution in [0.4, 0.5) is 5.69 Å². The highest BCUT2D eigenvalue weighted by atomic mass is 16.5. The van der Waals surface area contributed by atoms with Crippen molar-refractivity contribution in [2.24, 2.45) is 5.92 Å². The van der Waals surface area contributed by atoms with Crippen LogP contribution in [-0.2, 0) is 11.2 Å². The standard InChI is InChI=1S/C26H30N6O3/c1-33-26-30-21(20-6-7-29-25(20)31-26)14-17-2-4-19(5-3-17)35-23-16-18(32-10-12-34-13-11-32)15-22-24(23)28-9-8-27-22/h6-9,15-17,19H,2-5,10-14H2,1H3,(H,29,30,31). The van der Waals surface area contributed by atoms with Gasteiger partial charge in [-0.15, -0.1) is 0 Å². The van der Waals surface area contributed by atoms with Crippen molar-refractivity contribution in [3.05, 3.63) is 42.5 Å². The number of fused-ring (bicyclic) bond motifs is 2. The SMILES string of the molecule is COc1nc(CC2CCC(Oc3cc(N4CCOCC4)cc4nccnc34)CC2)c2cc[nH]c2n1. The Hall–Kier alpha value is -3.46. The highest BCUT2D eigenvalue weighted by Crippen LogP contribution is 2.35. The molecule has 1 aliphatic heterocycles. The minimum absolute atomic E-state index is 0.170. The number of morpholine rings is 1. The second-order valence-corrected chi connectivity index (χ2v) is 9.33. The molecule has 0 bridgehead atoms. The van der Waals surface area contributed by atoms with E-state index in [1.54, 1.807) is 19.5 Å². The van der Waals surface area contributed by atoms with E-state index < -0.39 is 0 Å². The number of hydrogen-bond donors (Lipinski definition) is 1. The first-order chi connectivity index (χ1) is 17.3. The van der Waals surface area contributed by atoms with Crippen LogP contribution in [0.3, 0.4) is 0 Å². The van der Waals surface area contributed by atoms with E-state index in [4.69, 9.17) is 14.2 Å². The molecule has 4 aromatic rings. The summed E-state index contributed by atoms with van der Waals surface area (Å²) >= 11 is 0. The monoisotopic (exact) mass is 474 g/mol. The number of benzene rings is 1. The second kappa shape index (κ2) is 9.65. The summed E-state index contributed by atoms with van der Waals surface area (Å²) in [4.78, 5) is 23.7. The Kier molecular flexibility index (Phi) is 6.08. The van der Waals surface area contributed by atoms with Crippen molar-refractivity contribution in [2.75, 3.05) is 38.3 Å². The summed E-state index contributed by atoms with van der Waals surface area (Å²) in [5.41, 5.74) is 4.70. The molecule has 0 amide bonds. The fourth-order valence-electron chi connectivity index (χ4n) is 5.26. The van der Waals surface area contributed by atoms with Crippen LogP contribution in [0.1, 0.15) is 31.4 Å². The molecule has 2 aliphatic rings. The van der Waals surface area contributed by atoms with E-state index >= 15 is 0 Å². The van der Waals surface area contributed by atoms with Crippen molar-refractivity contribution in [1.29, 1.82) is 0 Å². The molecule has 1 saturated carbocycles. The van der Waals surface area contributed by atoms with Crippen molar-refractivity contribution >= 4 is 27.8 Å². The van der Waals surface area contributed by atoms with Gasteiger partial charge in [-0.2, -0.15) is 9.97 Å². The number of aromatic amines is 1. The Labute approximate surface area is 203 Å². The summed E-state index contributed by atoms with van der Waals surface area (Å²) in [6.45, 7) is 3.23. The number of H-pyrrole nitrogens is 1. The maximum atomic E-state index is 6.58. The van der Waals surface area contributed by atoms with E-state index in [2.05, 4.69) is 42.0 Å². The summed E-state index contributed by atoms with van der Waals surface area (Å²) in [6, 6.07) is 6.70. The second-order valence-electron chi connectivity index (χ2n) is 9.33. The van der Waals surface area contributed by atoms with Crippen molar-refractivity contribution in [2.45, 2.75) is 38.2 Å². The molecule has 6 rings (SSSR count). The third kappa shape index (κ3) is 4.60. The Morgan fingerprint density at radius 1 is 1.06 bits per heavy atom. The predicted octanol–water partition coefficient (Wildman–Crippen LogP) is 3.93. The van der Waals surface area contributed by atoms with Crippen LogP contribution >= 0.6 is 0 Å². The van der Waals surface area contributed by atoms with E-state index in [1.165, 1.54) is 0 Å². The van der Waals surface area contributed by atoms with Crippen LogP contribution in [-0.4, -0.2) is 64.4 Å². The van der Waals surface area contributed by atoms with Gasteiger partial charge in [0.2, 0.25) is 0 Å². The van der Waals surface area contributed by atoms with E-state index in [-0.39, 0.29) is 6.10 Å². The van der Waals surface area contributed by atoms with Gasteiger partial charge in [-0.05, 0) is 50.2 Å². The lowest BCUT2D eigenvalue weighted by Crippen LogP contribution is -2.36. The lowest BCUT2D eigenvalue weighted by molar-refractivity contribution is 0.122. The van der Waals surface area contributed by atoms with Gasteiger partial charge in [0.1, 0.15) is 16.9 Å². The predicted molar refractivity (Wildman–Crippen MR) is 133 cm³/mol. The number of methoxy groups -OCH3 is 1. The van der Waals surface area contributed by atoms with Crippen LogP contribution < -0.4 is 14.4 Å². The molecular weight excluding hydrogens is 444 g/mol. The number of hydrogen-bond acceptors (Lipinski definition) is 8. The highest BCUT2D eigenvalue weighted by Gasteiger charge is 2.25. The highest BCUT2D eigenvalue weighted by molar-refractivity contribution is 5.85. The third-order valence-electron chi connectivity index (χ3n) is 7.13. The number of rotatable bonds is 6.